The zero-order valence-corrected chi connectivity index (χ0v) is 16.6. The summed E-state index contributed by atoms with van der Waals surface area (Å²) < 4.78 is 28.3. The molecule has 0 atom stereocenters. The van der Waals surface area contributed by atoms with Gasteiger partial charge in [-0.2, -0.15) is 16.9 Å². The van der Waals surface area contributed by atoms with E-state index in [0.29, 0.717) is 18.7 Å². The molecule has 1 saturated heterocycles. The number of piperazine rings is 1. The lowest BCUT2D eigenvalue weighted by Gasteiger charge is -2.34. The second kappa shape index (κ2) is 8.71. The van der Waals surface area contributed by atoms with Crippen molar-refractivity contribution in [2.45, 2.75) is 25.3 Å². The molecule has 2 aromatic rings. The van der Waals surface area contributed by atoms with Crippen LogP contribution < -0.4 is 5.56 Å². The summed E-state index contributed by atoms with van der Waals surface area (Å²) in [4.78, 5) is 16.8. The van der Waals surface area contributed by atoms with E-state index in [1.807, 2.05) is 11.8 Å². The number of aromatic nitrogens is 2. The van der Waals surface area contributed by atoms with Crippen LogP contribution in [0.15, 0.2) is 29.1 Å². The van der Waals surface area contributed by atoms with E-state index in [2.05, 4.69) is 14.9 Å². The van der Waals surface area contributed by atoms with Gasteiger partial charge >= 0.3 is 0 Å². The number of rotatable bonds is 5. The highest BCUT2D eigenvalue weighted by atomic mass is 32.2. The molecule has 0 amide bonds. The van der Waals surface area contributed by atoms with E-state index >= 15 is 0 Å². The molecule has 28 heavy (non-hydrogen) atoms. The maximum atomic E-state index is 13.3. The number of benzene rings is 1. The van der Waals surface area contributed by atoms with Crippen LogP contribution in [-0.4, -0.2) is 58.1 Å². The van der Waals surface area contributed by atoms with E-state index in [9.17, 15) is 13.6 Å². The summed E-state index contributed by atoms with van der Waals surface area (Å²) in [6.07, 6.45) is 0.930. The quantitative estimate of drug-likeness (QED) is 0.761. The standard InChI is InChI=1S/C20H24F2N4OS/c21-17-9-15(10-18(22)12-17)13-25-4-2-24(3-5-25)6-7-26-20(27)11-16-14-28-8-1-19(16)23-26/h9-12H,1-8,13-14H2. The molecule has 1 fully saturated rings. The third kappa shape index (κ3) is 4.79. The fraction of sp³-hybridized carbons (Fsp3) is 0.500. The molecule has 0 saturated carbocycles. The zero-order valence-electron chi connectivity index (χ0n) is 15.7. The van der Waals surface area contributed by atoms with Gasteiger partial charge in [0.1, 0.15) is 11.6 Å². The topological polar surface area (TPSA) is 41.4 Å². The second-order valence-corrected chi connectivity index (χ2v) is 8.48. The first kappa shape index (κ1) is 19.5. The number of nitrogens with zero attached hydrogens (tertiary/aromatic N) is 4. The smallest absolute Gasteiger partial charge is 0.267 e. The highest BCUT2D eigenvalue weighted by Crippen LogP contribution is 2.21. The Morgan fingerprint density at radius 1 is 0.964 bits per heavy atom. The number of hydrogen-bond acceptors (Lipinski definition) is 5. The number of fused-ring (bicyclic) bond motifs is 1. The van der Waals surface area contributed by atoms with Crippen LogP contribution >= 0.6 is 11.8 Å². The van der Waals surface area contributed by atoms with Crippen molar-refractivity contribution in [2.75, 3.05) is 38.5 Å². The van der Waals surface area contributed by atoms with Crippen molar-refractivity contribution in [1.29, 1.82) is 0 Å². The van der Waals surface area contributed by atoms with Crippen molar-refractivity contribution in [2.24, 2.45) is 0 Å². The Labute approximate surface area is 167 Å². The highest BCUT2D eigenvalue weighted by Gasteiger charge is 2.18. The van der Waals surface area contributed by atoms with Gasteiger partial charge in [-0.05, 0) is 29.0 Å². The van der Waals surface area contributed by atoms with E-state index in [0.717, 1.165) is 68.0 Å². The predicted molar refractivity (Wildman–Crippen MR) is 106 cm³/mol. The predicted octanol–water partition coefficient (Wildman–Crippen LogP) is 2.13. The van der Waals surface area contributed by atoms with Crippen molar-refractivity contribution < 1.29 is 8.78 Å². The van der Waals surface area contributed by atoms with Gasteiger partial charge in [-0.15, -0.1) is 0 Å². The first-order valence-electron chi connectivity index (χ1n) is 9.64. The van der Waals surface area contributed by atoms with E-state index in [4.69, 9.17) is 0 Å². The molecule has 3 heterocycles. The maximum absolute atomic E-state index is 13.3. The van der Waals surface area contributed by atoms with Crippen LogP contribution in [0.2, 0.25) is 0 Å². The summed E-state index contributed by atoms with van der Waals surface area (Å²) in [5.41, 5.74) is 2.78. The fourth-order valence-electron chi connectivity index (χ4n) is 3.78. The molecule has 0 N–H and O–H groups in total. The Bertz CT molecular complexity index is 876. The van der Waals surface area contributed by atoms with E-state index < -0.39 is 11.6 Å². The summed E-state index contributed by atoms with van der Waals surface area (Å²) in [5.74, 6) is 0.885. The number of aryl methyl sites for hydroxylation is 1. The van der Waals surface area contributed by atoms with Crippen LogP contribution in [0, 0.1) is 11.6 Å². The summed E-state index contributed by atoms with van der Waals surface area (Å²) in [6.45, 7) is 5.33. The van der Waals surface area contributed by atoms with Crippen LogP contribution in [0.1, 0.15) is 16.8 Å². The average molecular weight is 407 g/mol. The SMILES string of the molecule is O=c1cc2c(nn1CCN1CCN(Cc3cc(F)cc(F)c3)CC1)CCSC2. The second-order valence-electron chi connectivity index (χ2n) is 7.38. The van der Waals surface area contributed by atoms with Gasteiger partial charge in [0.15, 0.2) is 0 Å². The molecule has 0 spiro atoms. The summed E-state index contributed by atoms with van der Waals surface area (Å²) >= 11 is 1.85. The Balaban J connectivity index is 1.28. The van der Waals surface area contributed by atoms with Crippen molar-refractivity contribution in [3.05, 3.63) is 63.1 Å². The monoisotopic (exact) mass is 406 g/mol. The van der Waals surface area contributed by atoms with Crippen molar-refractivity contribution >= 4 is 11.8 Å². The van der Waals surface area contributed by atoms with Gasteiger partial charge in [-0.1, -0.05) is 0 Å². The average Bonchev–Trinajstić information content (AvgIpc) is 2.66. The minimum absolute atomic E-state index is 0.0204. The molecule has 5 nitrogen and oxygen atoms in total. The van der Waals surface area contributed by atoms with Crippen molar-refractivity contribution in [3.63, 3.8) is 0 Å². The van der Waals surface area contributed by atoms with Gasteiger partial charge in [0.25, 0.3) is 5.56 Å². The number of hydrogen-bond donors (Lipinski definition) is 0. The summed E-state index contributed by atoms with van der Waals surface area (Å²) in [5, 5.41) is 4.57. The molecule has 0 bridgehead atoms. The van der Waals surface area contributed by atoms with E-state index in [1.165, 1.54) is 12.1 Å². The zero-order chi connectivity index (χ0) is 19.5. The lowest BCUT2D eigenvalue weighted by Crippen LogP contribution is -2.47. The fourth-order valence-corrected chi connectivity index (χ4v) is 4.73. The number of halogens is 2. The molecule has 4 rings (SSSR count). The Morgan fingerprint density at radius 2 is 1.68 bits per heavy atom. The minimum Gasteiger partial charge on any atom is -0.299 e. The molecule has 2 aliphatic heterocycles. The van der Waals surface area contributed by atoms with Crippen LogP contribution in [0.5, 0.6) is 0 Å². The van der Waals surface area contributed by atoms with Gasteiger partial charge in [0.2, 0.25) is 0 Å². The van der Waals surface area contributed by atoms with Gasteiger partial charge in [-0.3, -0.25) is 14.6 Å². The third-order valence-electron chi connectivity index (χ3n) is 5.33. The van der Waals surface area contributed by atoms with Crippen LogP contribution in [0.4, 0.5) is 8.78 Å². The molecule has 8 heteroatoms. The molecule has 2 aliphatic rings. The molecule has 1 aromatic heterocycles. The Hall–Kier alpha value is -1.77. The lowest BCUT2D eigenvalue weighted by molar-refractivity contribution is 0.122. The largest absolute Gasteiger partial charge is 0.299 e. The van der Waals surface area contributed by atoms with Crippen LogP contribution in [0.3, 0.4) is 0 Å². The van der Waals surface area contributed by atoms with E-state index in [-0.39, 0.29) is 5.56 Å². The van der Waals surface area contributed by atoms with E-state index in [1.54, 1.807) is 10.7 Å². The Morgan fingerprint density at radius 3 is 2.43 bits per heavy atom. The van der Waals surface area contributed by atoms with Gasteiger partial charge in [0, 0.05) is 63.6 Å². The molecule has 0 aliphatic carbocycles. The molecule has 0 radical (unpaired) electrons. The third-order valence-corrected chi connectivity index (χ3v) is 6.33. The summed E-state index contributed by atoms with van der Waals surface area (Å²) in [6, 6.07) is 5.42. The maximum Gasteiger partial charge on any atom is 0.267 e. The Kier molecular flexibility index (Phi) is 6.08. The molecule has 0 unspecified atom stereocenters. The molecular formula is C20H24F2N4OS. The first-order chi connectivity index (χ1) is 13.6. The van der Waals surface area contributed by atoms with Gasteiger partial charge in [0.05, 0.1) is 12.2 Å². The molecule has 150 valence electrons. The van der Waals surface area contributed by atoms with Crippen LogP contribution in [-0.2, 0) is 25.3 Å². The van der Waals surface area contributed by atoms with Crippen molar-refractivity contribution in [3.8, 4) is 0 Å². The van der Waals surface area contributed by atoms with Gasteiger partial charge in [-0.25, -0.2) is 13.5 Å². The minimum atomic E-state index is -0.532. The number of thioether (sulfide) groups is 1. The molecule has 1 aromatic carbocycles. The first-order valence-corrected chi connectivity index (χ1v) is 10.8. The molecular weight excluding hydrogens is 382 g/mol. The van der Waals surface area contributed by atoms with Crippen LogP contribution in [0.25, 0.3) is 0 Å². The lowest BCUT2D eigenvalue weighted by atomic mass is 10.2. The summed E-state index contributed by atoms with van der Waals surface area (Å²) in [7, 11) is 0. The van der Waals surface area contributed by atoms with Gasteiger partial charge < -0.3 is 0 Å². The normalized spacial score (nSPS) is 18.2. The highest BCUT2D eigenvalue weighted by molar-refractivity contribution is 7.98. The van der Waals surface area contributed by atoms with Crippen molar-refractivity contribution in [1.82, 2.24) is 19.6 Å².